The van der Waals surface area contributed by atoms with Gasteiger partial charge in [0.2, 0.25) is 5.91 Å². The molecule has 1 aromatic rings. The van der Waals surface area contributed by atoms with Crippen molar-refractivity contribution in [3.05, 3.63) is 17.4 Å². The monoisotopic (exact) mass is 281 g/mol. The van der Waals surface area contributed by atoms with E-state index in [4.69, 9.17) is 16.3 Å². The molecule has 0 spiro atoms. The number of ether oxygens (including phenoxy) is 1. The van der Waals surface area contributed by atoms with Crippen LogP contribution in [0.15, 0.2) is 12.4 Å². The highest BCUT2D eigenvalue weighted by Crippen LogP contribution is 2.32. The van der Waals surface area contributed by atoms with Crippen LogP contribution >= 0.6 is 11.6 Å². The standard InChI is InChI=1S/C13H16ClN3O2/c14-10-6-15-13(16-7-10)19-11-2-1-5-17(8-11)12(18)9-3-4-9/h6-7,9,11H,1-5,8H2/t11-/m1/s1. The van der Waals surface area contributed by atoms with Crippen LogP contribution in [0.25, 0.3) is 0 Å². The maximum atomic E-state index is 12.0. The second-order valence-electron chi connectivity index (χ2n) is 5.12. The molecule has 0 aromatic carbocycles. The van der Waals surface area contributed by atoms with Crippen molar-refractivity contribution in [1.29, 1.82) is 0 Å². The van der Waals surface area contributed by atoms with E-state index in [1.807, 2.05) is 4.90 Å². The molecule has 0 bridgehead atoms. The third-order valence-corrected chi connectivity index (χ3v) is 3.68. The summed E-state index contributed by atoms with van der Waals surface area (Å²) in [6, 6.07) is 0.329. The van der Waals surface area contributed by atoms with Crippen LogP contribution in [-0.2, 0) is 4.79 Å². The Morgan fingerprint density at radius 3 is 2.74 bits per heavy atom. The molecule has 1 amide bonds. The van der Waals surface area contributed by atoms with Gasteiger partial charge in [0.15, 0.2) is 0 Å². The molecule has 0 unspecified atom stereocenters. The zero-order valence-corrected chi connectivity index (χ0v) is 11.3. The van der Waals surface area contributed by atoms with E-state index in [9.17, 15) is 4.79 Å². The second-order valence-corrected chi connectivity index (χ2v) is 5.56. The number of likely N-dealkylation sites (tertiary alicyclic amines) is 1. The fourth-order valence-electron chi connectivity index (χ4n) is 2.33. The highest BCUT2D eigenvalue weighted by Gasteiger charge is 2.35. The second kappa shape index (κ2) is 5.33. The SMILES string of the molecule is O=C(C1CC1)N1CCC[C@@H](Oc2ncc(Cl)cn2)C1. The highest BCUT2D eigenvalue weighted by atomic mass is 35.5. The van der Waals surface area contributed by atoms with E-state index in [1.165, 1.54) is 12.4 Å². The zero-order chi connectivity index (χ0) is 13.2. The van der Waals surface area contributed by atoms with Crippen LogP contribution in [-0.4, -0.2) is 40.0 Å². The Kier molecular flexibility index (Phi) is 3.55. The largest absolute Gasteiger partial charge is 0.458 e. The number of halogens is 1. The number of hydrogen-bond acceptors (Lipinski definition) is 4. The molecule has 2 heterocycles. The summed E-state index contributed by atoms with van der Waals surface area (Å²) in [5.41, 5.74) is 0. The first kappa shape index (κ1) is 12.7. The van der Waals surface area contributed by atoms with E-state index in [0.29, 0.717) is 17.6 Å². The average Bonchev–Trinajstić information content (AvgIpc) is 3.25. The lowest BCUT2D eigenvalue weighted by molar-refractivity contribution is -0.135. The topological polar surface area (TPSA) is 55.3 Å². The lowest BCUT2D eigenvalue weighted by Crippen LogP contribution is -2.45. The Hall–Kier alpha value is -1.36. The molecule has 5 nitrogen and oxygen atoms in total. The number of carbonyl (C=O) groups excluding carboxylic acids is 1. The van der Waals surface area contributed by atoms with Gasteiger partial charge in [-0.2, -0.15) is 0 Å². The first-order valence-corrected chi connectivity index (χ1v) is 7.03. The fraction of sp³-hybridized carbons (Fsp3) is 0.615. The molecule has 0 N–H and O–H groups in total. The number of amides is 1. The molecule has 1 aliphatic heterocycles. The van der Waals surface area contributed by atoms with Gasteiger partial charge in [-0.25, -0.2) is 9.97 Å². The van der Waals surface area contributed by atoms with Gasteiger partial charge in [0.05, 0.1) is 24.0 Å². The van der Waals surface area contributed by atoms with Crippen LogP contribution in [0.3, 0.4) is 0 Å². The molecule has 1 atom stereocenters. The van der Waals surface area contributed by atoms with Crippen molar-refractivity contribution < 1.29 is 9.53 Å². The minimum atomic E-state index is -0.0161. The van der Waals surface area contributed by atoms with E-state index in [-0.39, 0.29) is 17.9 Å². The van der Waals surface area contributed by atoms with Crippen molar-refractivity contribution in [2.45, 2.75) is 31.8 Å². The molecule has 1 saturated carbocycles. The van der Waals surface area contributed by atoms with Crippen LogP contribution in [0.4, 0.5) is 0 Å². The van der Waals surface area contributed by atoms with Crippen LogP contribution in [0.1, 0.15) is 25.7 Å². The van der Waals surface area contributed by atoms with Crippen molar-refractivity contribution >= 4 is 17.5 Å². The van der Waals surface area contributed by atoms with Gasteiger partial charge in [-0.15, -0.1) is 0 Å². The Labute approximate surface area is 116 Å². The van der Waals surface area contributed by atoms with Gasteiger partial charge >= 0.3 is 6.01 Å². The van der Waals surface area contributed by atoms with Gasteiger partial charge in [-0.3, -0.25) is 4.79 Å². The molecule has 2 aliphatic rings. The molecule has 1 saturated heterocycles. The zero-order valence-electron chi connectivity index (χ0n) is 10.6. The molecule has 19 heavy (non-hydrogen) atoms. The van der Waals surface area contributed by atoms with E-state index in [2.05, 4.69) is 9.97 Å². The smallest absolute Gasteiger partial charge is 0.316 e. The Morgan fingerprint density at radius 1 is 1.32 bits per heavy atom. The first-order chi connectivity index (χ1) is 9.22. The van der Waals surface area contributed by atoms with Crippen LogP contribution in [0, 0.1) is 5.92 Å². The lowest BCUT2D eigenvalue weighted by atomic mass is 10.1. The fourth-order valence-corrected chi connectivity index (χ4v) is 2.43. The number of hydrogen-bond donors (Lipinski definition) is 0. The Morgan fingerprint density at radius 2 is 2.05 bits per heavy atom. The highest BCUT2D eigenvalue weighted by molar-refractivity contribution is 6.30. The summed E-state index contributed by atoms with van der Waals surface area (Å²) in [5, 5.41) is 0.488. The van der Waals surface area contributed by atoms with Crippen LogP contribution in [0.5, 0.6) is 6.01 Å². The molecule has 0 radical (unpaired) electrons. The normalized spacial score (nSPS) is 23.2. The number of nitrogens with zero attached hydrogens (tertiary/aromatic N) is 3. The van der Waals surface area contributed by atoms with Crippen LogP contribution in [0.2, 0.25) is 5.02 Å². The van der Waals surface area contributed by atoms with Crippen molar-refractivity contribution in [3.8, 4) is 6.01 Å². The van der Waals surface area contributed by atoms with E-state index < -0.39 is 0 Å². The maximum Gasteiger partial charge on any atom is 0.316 e. The molecule has 3 rings (SSSR count). The van der Waals surface area contributed by atoms with Crippen LogP contribution < -0.4 is 4.74 Å². The molecule has 2 fully saturated rings. The minimum absolute atomic E-state index is 0.0161. The molecular weight excluding hydrogens is 266 g/mol. The van der Waals surface area contributed by atoms with Gasteiger partial charge in [0.25, 0.3) is 0 Å². The summed E-state index contributed by atoms with van der Waals surface area (Å²) in [6.45, 7) is 1.48. The van der Waals surface area contributed by atoms with Gasteiger partial charge in [-0.1, -0.05) is 11.6 Å². The number of carbonyl (C=O) groups is 1. The third kappa shape index (κ3) is 3.15. The van der Waals surface area contributed by atoms with Gasteiger partial charge in [0, 0.05) is 12.5 Å². The summed E-state index contributed by atoms with van der Waals surface area (Å²) in [7, 11) is 0. The Bertz CT molecular complexity index is 461. The summed E-state index contributed by atoms with van der Waals surface area (Å²) >= 11 is 5.73. The maximum absolute atomic E-state index is 12.0. The molecule has 102 valence electrons. The summed E-state index contributed by atoms with van der Waals surface area (Å²) < 4.78 is 5.72. The first-order valence-electron chi connectivity index (χ1n) is 6.65. The van der Waals surface area contributed by atoms with E-state index >= 15 is 0 Å². The van der Waals surface area contributed by atoms with Crippen molar-refractivity contribution in [1.82, 2.24) is 14.9 Å². The van der Waals surface area contributed by atoms with Gasteiger partial charge in [0.1, 0.15) is 6.10 Å². The van der Waals surface area contributed by atoms with Crippen molar-refractivity contribution in [3.63, 3.8) is 0 Å². The van der Waals surface area contributed by atoms with E-state index in [0.717, 1.165) is 32.2 Å². The summed E-state index contributed by atoms with van der Waals surface area (Å²) in [5.74, 6) is 0.552. The quantitative estimate of drug-likeness (QED) is 0.849. The summed E-state index contributed by atoms with van der Waals surface area (Å²) in [6.07, 6.45) is 7.00. The summed E-state index contributed by atoms with van der Waals surface area (Å²) in [4.78, 5) is 22.0. The number of aromatic nitrogens is 2. The molecular formula is C13H16ClN3O2. The molecule has 1 aromatic heterocycles. The lowest BCUT2D eigenvalue weighted by Gasteiger charge is -2.32. The van der Waals surface area contributed by atoms with Crippen molar-refractivity contribution in [2.75, 3.05) is 13.1 Å². The minimum Gasteiger partial charge on any atom is -0.458 e. The predicted octanol–water partition coefficient (Wildman–Crippen LogP) is 1.91. The third-order valence-electron chi connectivity index (χ3n) is 3.49. The van der Waals surface area contributed by atoms with Crippen molar-refractivity contribution in [2.24, 2.45) is 5.92 Å². The number of piperidine rings is 1. The number of rotatable bonds is 3. The molecule has 1 aliphatic carbocycles. The average molecular weight is 282 g/mol. The molecule has 6 heteroatoms. The Balaban J connectivity index is 1.58. The predicted molar refractivity (Wildman–Crippen MR) is 70.0 cm³/mol. The van der Waals surface area contributed by atoms with Gasteiger partial charge < -0.3 is 9.64 Å². The van der Waals surface area contributed by atoms with E-state index in [1.54, 1.807) is 0 Å². The van der Waals surface area contributed by atoms with Gasteiger partial charge in [-0.05, 0) is 25.7 Å².